The molecule has 1 aliphatic heterocycles. The van der Waals surface area contributed by atoms with Crippen LogP contribution in [-0.4, -0.2) is 17.6 Å². The molecule has 0 saturated carbocycles. The maximum atomic E-state index is 9.75. The maximum absolute atomic E-state index is 9.75. The minimum absolute atomic E-state index is 0.0833. The highest BCUT2D eigenvalue weighted by Crippen LogP contribution is 2.49. The van der Waals surface area contributed by atoms with Crippen LogP contribution in [0.4, 0.5) is 16.5 Å². The van der Waals surface area contributed by atoms with Crippen LogP contribution in [0.15, 0.2) is 75.5 Å². The second kappa shape index (κ2) is 11.0. The second-order valence-electron chi connectivity index (χ2n) is 11.3. The molecule has 2 aliphatic rings. The van der Waals surface area contributed by atoms with Gasteiger partial charge in [0.2, 0.25) is 5.13 Å². The zero-order chi connectivity index (χ0) is 31.2. The molecule has 0 N–H and O–H groups in total. The van der Waals surface area contributed by atoms with Crippen molar-refractivity contribution in [2.24, 2.45) is 10.2 Å². The van der Waals surface area contributed by atoms with E-state index in [1.165, 1.54) is 33.9 Å². The van der Waals surface area contributed by atoms with Gasteiger partial charge in [0.05, 0.1) is 10.4 Å². The molecule has 8 nitrogen and oxygen atoms in total. The van der Waals surface area contributed by atoms with Gasteiger partial charge in [0, 0.05) is 34.3 Å². The minimum Gasteiger partial charge on any atom is -0.369 e. The average Bonchev–Trinajstić information content (AvgIpc) is 3.67. The van der Waals surface area contributed by atoms with E-state index in [1.54, 1.807) is 24.3 Å². The molecular formula is C34H24N8S2. The number of nitriles is 4. The van der Waals surface area contributed by atoms with Crippen molar-refractivity contribution in [3.63, 3.8) is 0 Å². The number of thiazole rings is 1. The number of anilines is 1. The van der Waals surface area contributed by atoms with E-state index >= 15 is 0 Å². The molecule has 1 unspecified atom stereocenters. The van der Waals surface area contributed by atoms with Crippen molar-refractivity contribution in [2.75, 3.05) is 11.9 Å². The number of rotatable bonds is 3. The number of azo groups is 1. The lowest BCUT2D eigenvalue weighted by Crippen LogP contribution is -2.45. The van der Waals surface area contributed by atoms with Gasteiger partial charge in [-0.3, -0.25) is 0 Å². The quantitative estimate of drug-likeness (QED) is 0.168. The van der Waals surface area contributed by atoms with E-state index < -0.39 is 0 Å². The smallest absolute Gasteiger partial charge is 0.231 e. The first-order valence-electron chi connectivity index (χ1n) is 13.8. The van der Waals surface area contributed by atoms with Crippen molar-refractivity contribution in [1.82, 2.24) is 4.98 Å². The minimum atomic E-state index is -0.0833. The number of aromatic nitrogens is 1. The first-order chi connectivity index (χ1) is 21.2. The molecule has 212 valence electrons. The second-order valence-corrected chi connectivity index (χ2v) is 13.4. The Labute approximate surface area is 263 Å². The van der Waals surface area contributed by atoms with Gasteiger partial charge in [0.1, 0.15) is 40.3 Å². The summed E-state index contributed by atoms with van der Waals surface area (Å²) in [6, 6.07) is 23.3. The number of allylic oxidation sites excluding steroid dienone is 5. The SMILES string of the molecule is CC1CC(C)(C)N(C)c2ccc(N=Nc3nc4sc(C=C5C(=C(C#N)C#N)c6ccccc6C5=C(C#N)C#N)cc4s3)cc21. The predicted molar refractivity (Wildman–Crippen MR) is 174 cm³/mol. The molecule has 2 aromatic carbocycles. The Morgan fingerprint density at radius 1 is 0.932 bits per heavy atom. The lowest BCUT2D eigenvalue weighted by atomic mass is 9.80. The molecule has 1 aliphatic carbocycles. The first-order valence-corrected chi connectivity index (χ1v) is 15.4. The predicted octanol–water partition coefficient (Wildman–Crippen LogP) is 9.19. The molecule has 0 fully saturated rings. The van der Waals surface area contributed by atoms with Crippen LogP contribution >= 0.6 is 22.7 Å². The van der Waals surface area contributed by atoms with E-state index in [1.807, 2.05) is 42.5 Å². The Morgan fingerprint density at radius 2 is 1.57 bits per heavy atom. The molecule has 0 amide bonds. The van der Waals surface area contributed by atoms with Gasteiger partial charge in [0.15, 0.2) is 0 Å². The molecule has 6 rings (SSSR count). The fourth-order valence-corrected chi connectivity index (χ4v) is 8.00. The van der Waals surface area contributed by atoms with Gasteiger partial charge in [0.25, 0.3) is 0 Å². The van der Waals surface area contributed by atoms with Gasteiger partial charge in [-0.05, 0) is 78.8 Å². The average molecular weight is 609 g/mol. The summed E-state index contributed by atoms with van der Waals surface area (Å²) >= 11 is 2.83. The Bertz CT molecular complexity index is 2030. The molecular weight excluding hydrogens is 585 g/mol. The van der Waals surface area contributed by atoms with Crippen molar-refractivity contribution in [3.8, 4) is 24.3 Å². The number of thiophene rings is 1. The maximum Gasteiger partial charge on any atom is 0.231 e. The van der Waals surface area contributed by atoms with E-state index in [9.17, 15) is 21.0 Å². The Morgan fingerprint density at radius 3 is 2.16 bits per heavy atom. The van der Waals surface area contributed by atoms with E-state index in [2.05, 4.69) is 60.1 Å². The first kappa shape index (κ1) is 28.7. The molecule has 4 aromatic rings. The summed E-state index contributed by atoms with van der Waals surface area (Å²) in [5.41, 5.74) is 5.80. The van der Waals surface area contributed by atoms with Crippen LogP contribution < -0.4 is 4.90 Å². The highest BCUT2D eigenvalue weighted by molar-refractivity contribution is 7.29. The molecule has 2 aromatic heterocycles. The van der Waals surface area contributed by atoms with E-state index in [0.29, 0.717) is 38.9 Å². The van der Waals surface area contributed by atoms with Crippen LogP contribution in [-0.2, 0) is 0 Å². The van der Waals surface area contributed by atoms with Crippen molar-refractivity contribution in [2.45, 2.75) is 38.6 Å². The van der Waals surface area contributed by atoms with Crippen LogP contribution in [0.25, 0.3) is 26.8 Å². The lowest BCUT2D eigenvalue weighted by Gasteiger charge is -2.45. The topological polar surface area (TPSA) is 136 Å². The van der Waals surface area contributed by atoms with Gasteiger partial charge < -0.3 is 4.90 Å². The Hall–Kier alpha value is -5.39. The highest BCUT2D eigenvalue weighted by atomic mass is 32.1. The van der Waals surface area contributed by atoms with Gasteiger partial charge >= 0.3 is 0 Å². The summed E-state index contributed by atoms with van der Waals surface area (Å²) in [7, 11) is 2.13. The summed E-state index contributed by atoms with van der Waals surface area (Å²) in [5, 5.41) is 48.5. The van der Waals surface area contributed by atoms with Gasteiger partial charge in [-0.2, -0.15) is 21.0 Å². The zero-order valence-corrected chi connectivity index (χ0v) is 26.0. The molecule has 0 radical (unpaired) electrons. The Kier molecular flexibility index (Phi) is 7.20. The summed E-state index contributed by atoms with van der Waals surface area (Å²) in [6.07, 6.45) is 2.88. The fraction of sp³-hybridized carbons (Fsp3) is 0.206. The van der Waals surface area contributed by atoms with Crippen molar-refractivity contribution < 1.29 is 0 Å². The number of benzene rings is 2. The van der Waals surface area contributed by atoms with Gasteiger partial charge in [-0.25, -0.2) is 4.98 Å². The summed E-state index contributed by atoms with van der Waals surface area (Å²) in [5.74, 6) is 0.414. The molecule has 3 heterocycles. The van der Waals surface area contributed by atoms with Crippen LogP contribution in [0, 0.1) is 45.3 Å². The lowest BCUT2D eigenvalue weighted by molar-refractivity contribution is 0.395. The number of hydrogen-bond acceptors (Lipinski definition) is 10. The van der Waals surface area contributed by atoms with Gasteiger partial charge in [-0.1, -0.05) is 42.5 Å². The summed E-state index contributed by atoms with van der Waals surface area (Å²) < 4.78 is 0.909. The summed E-state index contributed by atoms with van der Waals surface area (Å²) in [4.78, 5) is 8.58. The number of hydrogen-bond donors (Lipinski definition) is 0. The molecule has 0 saturated heterocycles. The van der Waals surface area contributed by atoms with Crippen LogP contribution in [0.5, 0.6) is 0 Å². The van der Waals surface area contributed by atoms with E-state index in [-0.39, 0.29) is 16.7 Å². The third-order valence-corrected chi connectivity index (χ3v) is 10.2. The third-order valence-electron chi connectivity index (χ3n) is 8.20. The largest absolute Gasteiger partial charge is 0.369 e. The molecule has 1 atom stereocenters. The fourth-order valence-electron chi connectivity index (χ4n) is 6.02. The van der Waals surface area contributed by atoms with Crippen LogP contribution in [0.3, 0.4) is 0 Å². The summed E-state index contributed by atoms with van der Waals surface area (Å²) in [6.45, 7) is 6.78. The monoisotopic (exact) mass is 608 g/mol. The van der Waals surface area contributed by atoms with Gasteiger partial charge in [-0.15, -0.1) is 21.6 Å². The number of nitrogens with zero attached hydrogens (tertiary/aromatic N) is 8. The van der Waals surface area contributed by atoms with E-state index in [4.69, 9.17) is 0 Å². The zero-order valence-electron chi connectivity index (χ0n) is 24.4. The van der Waals surface area contributed by atoms with Crippen LogP contribution in [0.1, 0.15) is 54.7 Å². The normalized spacial score (nSPS) is 16.6. The molecule has 0 bridgehead atoms. The molecule has 44 heavy (non-hydrogen) atoms. The highest BCUT2D eigenvalue weighted by Gasteiger charge is 2.34. The Balaban J connectivity index is 1.36. The molecule has 0 spiro atoms. The van der Waals surface area contributed by atoms with Crippen molar-refractivity contribution in [3.05, 3.63) is 86.8 Å². The van der Waals surface area contributed by atoms with Crippen molar-refractivity contribution >= 4 is 65.9 Å². The van der Waals surface area contributed by atoms with E-state index in [0.717, 1.165) is 26.5 Å². The number of fused-ring (bicyclic) bond motifs is 3. The third kappa shape index (κ3) is 4.77. The molecule has 10 heteroatoms. The standard InChI is InChI=1S/C34H24N8S2/c1-19-14-34(2,3)42(4)28-10-9-22(11-26(19)28)40-41-33-39-32-29(44-33)13-23(43-32)12-27-30(20(15-35)16-36)24-7-5-6-8-25(24)31(27)21(17-37)18-38/h5-13,19H,14H2,1-4H3. The van der Waals surface area contributed by atoms with Crippen molar-refractivity contribution in [1.29, 1.82) is 21.0 Å². The van der Waals surface area contributed by atoms with Crippen LogP contribution in [0.2, 0.25) is 0 Å².